The summed E-state index contributed by atoms with van der Waals surface area (Å²) in [6.07, 6.45) is 1.87. The fourth-order valence-electron chi connectivity index (χ4n) is 4.10. The third kappa shape index (κ3) is 11.0. The number of piperidine rings is 1. The van der Waals surface area contributed by atoms with E-state index in [2.05, 4.69) is 53.1 Å². The first kappa shape index (κ1) is 29.8. The molecule has 1 heterocycles. The van der Waals surface area contributed by atoms with Gasteiger partial charge in [-0.25, -0.2) is 9.59 Å². The Balaban J connectivity index is 0.000000717. The normalized spacial score (nSPS) is 13.9. The summed E-state index contributed by atoms with van der Waals surface area (Å²) >= 11 is 0. The van der Waals surface area contributed by atoms with Crippen molar-refractivity contribution >= 4 is 17.8 Å². The zero-order valence-electron chi connectivity index (χ0n) is 22.0. The monoisotopic (exact) mass is 513 g/mol. The second-order valence-corrected chi connectivity index (χ2v) is 9.29. The molecule has 0 unspecified atom stereocenters. The maximum Gasteiger partial charge on any atom is 0.414 e. The van der Waals surface area contributed by atoms with Gasteiger partial charge >= 0.3 is 11.9 Å². The lowest BCUT2D eigenvalue weighted by Crippen LogP contribution is -2.44. The number of nitrogens with zero attached hydrogens (tertiary/aromatic N) is 3. The molecule has 9 nitrogen and oxygen atoms in total. The van der Waals surface area contributed by atoms with Crippen LogP contribution < -0.4 is 4.74 Å². The molecule has 2 aromatic rings. The predicted octanol–water partition coefficient (Wildman–Crippen LogP) is 3.04. The van der Waals surface area contributed by atoms with Gasteiger partial charge in [-0.15, -0.1) is 0 Å². The fraction of sp³-hybridized carbons (Fsp3) is 0.464. The Morgan fingerprint density at radius 1 is 0.892 bits per heavy atom. The molecular formula is C28H39N3O6. The lowest BCUT2D eigenvalue weighted by molar-refractivity contribution is -0.159. The molecule has 0 bridgehead atoms. The minimum absolute atomic E-state index is 0.127. The second kappa shape index (κ2) is 15.6. The Bertz CT molecular complexity index is 961. The molecule has 1 aliphatic heterocycles. The summed E-state index contributed by atoms with van der Waals surface area (Å²) in [4.78, 5) is 38.2. The van der Waals surface area contributed by atoms with Gasteiger partial charge in [-0.2, -0.15) is 0 Å². The van der Waals surface area contributed by atoms with E-state index in [9.17, 15) is 4.79 Å². The molecule has 2 aromatic carbocycles. The number of amides is 1. The van der Waals surface area contributed by atoms with Gasteiger partial charge < -0.3 is 24.7 Å². The molecule has 202 valence electrons. The predicted molar refractivity (Wildman–Crippen MR) is 141 cm³/mol. The Morgan fingerprint density at radius 2 is 1.49 bits per heavy atom. The van der Waals surface area contributed by atoms with Gasteiger partial charge in [-0.05, 0) is 70.2 Å². The summed E-state index contributed by atoms with van der Waals surface area (Å²) in [5.74, 6) is -2.29. The molecule has 37 heavy (non-hydrogen) atoms. The largest absolute Gasteiger partial charge is 0.494 e. The van der Waals surface area contributed by atoms with E-state index in [1.165, 1.54) is 11.1 Å². The molecule has 1 saturated heterocycles. The number of carboxylic acids is 2. The van der Waals surface area contributed by atoms with Gasteiger partial charge in [-0.3, -0.25) is 9.69 Å². The fourth-order valence-corrected chi connectivity index (χ4v) is 4.10. The van der Waals surface area contributed by atoms with Gasteiger partial charge in [-0.1, -0.05) is 42.5 Å². The van der Waals surface area contributed by atoms with Crippen LogP contribution in [-0.4, -0.2) is 89.6 Å². The molecule has 0 aliphatic carbocycles. The van der Waals surface area contributed by atoms with Crippen molar-refractivity contribution in [3.63, 3.8) is 0 Å². The first-order chi connectivity index (χ1) is 17.7. The Hall–Kier alpha value is -3.43. The number of ether oxygens (including phenoxy) is 1. The zero-order valence-corrected chi connectivity index (χ0v) is 22.0. The van der Waals surface area contributed by atoms with E-state index in [1.54, 1.807) is 0 Å². The minimum atomic E-state index is -1.82. The van der Waals surface area contributed by atoms with Crippen LogP contribution in [0.15, 0.2) is 54.6 Å². The number of likely N-dealkylation sites (tertiary alicyclic amines) is 1. The standard InChI is InChI=1S/C26H37N3O2.C2H2O4/c1-4-31-25-12-10-23(11-13-25)20-28-16-14-24(15-17-28)26(30)29(19-18-27(2)3)21-22-8-6-5-7-9-22;3-1(4)2(5)6/h5-13,24H,4,14-21H2,1-3H3;(H,3,4)(H,5,6). The van der Waals surface area contributed by atoms with Crippen LogP contribution in [-0.2, 0) is 27.5 Å². The van der Waals surface area contributed by atoms with Crippen molar-refractivity contribution in [2.24, 2.45) is 5.92 Å². The quantitative estimate of drug-likeness (QED) is 0.467. The van der Waals surface area contributed by atoms with Crippen molar-refractivity contribution in [1.82, 2.24) is 14.7 Å². The Morgan fingerprint density at radius 3 is 2.00 bits per heavy atom. The molecule has 1 amide bonds. The summed E-state index contributed by atoms with van der Waals surface area (Å²) in [6.45, 7) is 7.91. The molecule has 0 spiro atoms. The molecule has 0 aromatic heterocycles. The average molecular weight is 514 g/mol. The van der Waals surface area contributed by atoms with Crippen LogP contribution in [0, 0.1) is 5.92 Å². The highest BCUT2D eigenvalue weighted by molar-refractivity contribution is 6.27. The van der Waals surface area contributed by atoms with Crippen LogP contribution in [0.2, 0.25) is 0 Å². The van der Waals surface area contributed by atoms with Crippen LogP contribution in [0.4, 0.5) is 0 Å². The summed E-state index contributed by atoms with van der Waals surface area (Å²) < 4.78 is 5.53. The molecule has 0 radical (unpaired) electrons. The minimum Gasteiger partial charge on any atom is -0.494 e. The molecule has 2 N–H and O–H groups in total. The first-order valence-electron chi connectivity index (χ1n) is 12.6. The lowest BCUT2D eigenvalue weighted by Gasteiger charge is -2.34. The van der Waals surface area contributed by atoms with E-state index >= 15 is 0 Å². The van der Waals surface area contributed by atoms with Gasteiger partial charge in [0.15, 0.2) is 0 Å². The van der Waals surface area contributed by atoms with Crippen molar-refractivity contribution in [1.29, 1.82) is 0 Å². The maximum atomic E-state index is 13.4. The Labute approximate surface area is 219 Å². The number of hydrogen-bond acceptors (Lipinski definition) is 6. The summed E-state index contributed by atoms with van der Waals surface area (Å²) in [6, 6.07) is 18.7. The third-order valence-electron chi connectivity index (χ3n) is 6.11. The smallest absolute Gasteiger partial charge is 0.414 e. The number of hydrogen-bond donors (Lipinski definition) is 2. The maximum absolute atomic E-state index is 13.4. The van der Waals surface area contributed by atoms with E-state index < -0.39 is 11.9 Å². The van der Waals surface area contributed by atoms with Crippen molar-refractivity contribution in [3.05, 3.63) is 65.7 Å². The highest BCUT2D eigenvalue weighted by atomic mass is 16.5. The lowest BCUT2D eigenvalue weighted by atomic mass is 9.94. The van der Waals surface area contributed by atoms with Gasteiger partial charge in [0, 0.05) is 32.1 Å². The van der Waals surface area contributed by atoms with Crippen molar-refractivity contribution in [2.75, 3.05) is 46.9 Å². The van der Waals surface area contributed by atoms with Gasteiger partial charge in [0.05, 0.1) is 6.61 Å². The van der Waals surface area contributed by atoms with Crippen LogP contribution in [0.5, 0.6) is 5.75 Å². The van der Waals surface area contributed by atoms with Crippen LogP contribution in [0.25, 0.3) is 0 Å². The van der Waals surface area contributed by atoms with Crippen molar-refractivity contribution in [3.8, 4) is 5.75 Å². The highest BCUT2D eigenvalue weighted by Crippen LogP contribution is 2.23. The van der Waals surface area contributed by atoms with E-state index in [0.29, 0.717) is 19.1 Å². The second-order valence-electron chi connectivity index (χ2n) is 9.29. The molecule has 1 aliphatic rings. The number of likely N-dealkylation sites (N-methyl/N-ethyl adjacent to an activating group) is 1. The summed E-state index contributed by atoms with van der Waals surface area (Å²) in [7, 11) is 4.12. The molecule has 1 fully saturated rings. The average Bonchev–Trinajstić information content (AvgIpc) is 2.89. The van der Waals surface area contributed by atoms with E-state index in [0.717, 1.165) is 51.3 Å². The first-order valence-corrected chi connectivity index (χ1v) is 12.6. The SMILES string of the molecule is CCOc1ccc(CN2CCC(C(=O)N(CCN(C)C)Cc3ccccc3)CC2)cc1.O=C(O)C(=O)O. The summed E-state index contributed by atoms with van der Waals surface area (Å²) in [5, 5.41) is 14.8. The van der Waals surface area contributed by atoms with Crippen LogP contribution in [0.1, 0.15) is 30.9 Å². The molecule has 3 rings (SSSR count). The van der Waals surface area contributed by atoms with Crippen molar-refractivity contribution < 1.29 is 29.3 Å². The molecular weight excluding hydrogens is 474 g/mol. The van der Waals surface area contributed by atoms with Crippen LogP contribution in [0.3, 0.4) is 0 Å². The summed E-state index contributed by atoms with van der Waals surface area (Å²) in [5.41, 5.74) is 2.49. The van der Waals surface area contributed by atoms with E-state index in [4.69, 9.17) is 24.5 Å². The third-order valence-corrected chi connectivity index (χ3v) is 6.11. The number of carboxylic acid groups (broad SMARTS) is 2. The van der Waals surface area contributed by atoms with Crippen molar-refractivity contribution in [2.45, 2.75) is 32.9 Å². The van der Waals surface area contributed by atoms with E-state index in [1.807, 2.05) is 37.3 Å². The number of benzene rings is 2. The highest BCUT2D eigenvalue weighted by Gasteiger charge is 2.28. The zero-order chi connectivity index (χ0) is 27.2. The van der Waals surface area contributed by atoms with Gasteiger partial charge in [0.2, 0.25) is 5.91 Å². The molecule has 9 heteroatoms. The van der Waals surface area contributed by atoms with Gasteiger partial charge in [0.1, 0.15) is 5.75 Å². The number of carbonyl (C=O) groups excluding carboxylic acids is 1. The molecule has 0 atom stereocenters. The topological polar surface area (TPSA) is 111 Å². The number of aliphatic carboxylic acids is 2. The van der Waals surface area contributed by atoms with Crippen LogP contribution >= 0.6 is 0 Å². The number of rotatable bonds is 10. The number of carbonyl (C=O) groups is 3. The molecule has 0 saturated carbocycles. The van der Waals surface area contributed by atoms with Gasteiger partial charge in [0.25, 0.3) is 0 Å². The van der Waals surface area contributed by atoms with E-state index in [-0.39, 0.29) is 5.92 Å². The Kier molecular flexibility index (Phi) is 12.6.